The lowest BCUT2D eigenvalue weighted by atomic mass is 10.1. The molecule has 0 atom stereocenters. The smallest absolute Gasteiger partial charge is 0.0480 e. The summed E-state index contributed by atoms with van der Waals surface area (Å²) in [5.41, 5.74) is 1.33. The molecule has 2 aromatic rings. The third-order valence-corrected chi connectivity index (χ3v) is 3.69. The van der Waals surface area contributed by atoms with Gasteiger partial charge in [-0.05, 0) is 30.4 Å². The van der Waals surface area contributed by atoms with Gasteiger partial charge in [-0.1, -0.05) is 18.2 Å². The van der Waals surface area contributed by atoms with E-state index in [0.29, 0.717) is 6.04 Å². The molecule has 1 saturated heterocycles. The van der Waals surface area contributed by atoms with Gasteiger partial charge in [-0.3, -0.25) is 0 Å². The predicted octanol–water partition coefficient (Wildman–Crippen LogP) is 2.41. The highest BCUT2D eigenvalue weighted by Crippen LogP contribution is 2.14. The average molecular weight is 244 g/mol. The molecule has 1 aromatic heterocycles. The van der Waals surface area contributed by atoms with Crippen molar-refractivity contribution in [2.45, 2.75) is 25.4 Å². The highest BCUT2D eigenvalue weighted by molar-refractivity contribution is 5.79. The molecule has 0 amide bonds. The number of benzene rings is 1. The zero-order valence-electron chi connectivity index (χ0n) is 10.6. The van der Waals surface area contributed by atoms with E-state index in [1.807, 2.05) is 0 Å². The maximum Gasteiger partial charge on any atom is 0.0480 e. The van der Waals surface area contributed by atoms with Crippen LogP contribution in [-0.2, 0) is 11.3 Å². The second kappa shape index (κ2) is 5.55. The number of hydrogen-bond acceptors (Lipinski definition) is 2. The van der Waals surface area contributed by atoms with Crippen molar-refractivity contribution in [1.29, 1.82) is 0 Å². The molecule has 2 heterocycles. The number of ether oxygens (including phenoxy) is 1. The summed E-state index contributed by atoms with van der Waals surface area (Å²) in [7, 11) is 0. The number of fused-ring (bicyclic) bond motifs is 1. The van der Waals surface area contributed by atoms with Crippen LogP contribution in [0.3, 0.4) is 0 Å². The van der Waals surface area contributed by atoms with E-state index in [2.05, 4.69) is 46.4 Å². The van der Waals surface area contributed by atoms with Crippen molar-refractivity contribution in [1.82, 2.24) is 9.88 Å². The fraction of sp³-hybridized carbons (Fsp3) is 0.467. The molecule has 3 nitrogen and oxygen atoms in total. The van der Waals surface area contributed by atoms with Crippen LogP contribution in [0.25, 0.3) is 10.9 Å². The van der Waals surface area contributed by atoms with Crippen molar-refractivity contribution >= 4 is 10.9 Å². The fourth-order valence-electron chi connectivity index (χ4n) is 2.63. The zero-order valence-corrected chi connectivity index (χ0v) is 10.6. The molecule has 1 N–H and O–H groups in total. The quantitative estimate of drug-likeness (QED) is 0.894. The van der Waals surface area contributed by atoms with Crippen LogP contribution in [0.4, 0.5) is 0 Å². The number of rotatable bonds is 4. The monoisotopic (exact) mass is 244 g/mol. The summed E-state index contributed by atoms with van der Waals surface area (Å²) in [6, 6.07) is 11.4. The van der Waals surface area contributed by atoms with E-state index in [9.17, 15) is 0 Å². The summed E-state index contributed by atoms with van der Waals surface area (Å²) in [4.78, 5) is 0. The molecule has 18 heavy (non-hydrogen) atoms. The lowest BCUT2D eigenvalue weighted by Gasteiger charge is -2.23. The number of nitrogens with one attached hydrogen (secondary N) is 1. The first-order chi connectivity index (χ1) is 8.93. The molecule has 3 heteroatoms. The molecule has 96 valence electrons. The third-order valence-electron chi connectivity index (χ3n) is 3.69. The van der Waals surface area contributed by atoms with Crippen LogP contribution in [0.5, 0.6) is 0 Å². The topological polar surface area (TPSA) is 26.2 Å². The second-order valence-corrected chi connectivity index (χ2v) is 4.91. The fourth-order valence-corrected chi connectivity index (χ4v) is 2.63. The van der Waals surface area contributed by atoms with Crippen LogP contribution >= 0.6 is 0 Å². The lowest BCUT2D eigenvalue weighted by molar-refractivity contribution is 0.0779. The van der Waals surface area contributed by atoms with Gasteiger partial charge in [0.2, 0.25) is 0 Å². The number of aromatic nitrogens is 1. The van der Waals surface area contributed by atoms with E-state index in [4.69, 9.17) is 4.74 Å². The third kappa shape index (κ3) is 2.57. The van der Waals surface area contributed by atoms with Gasteiger partial charge >= 0.3 is 0 Å². The predicted molar refractivity (Wildman–Crippen MR) is 73.8 cm³/mol. The summed E-state index contributed by atoms with van der Waals surface area (Å²) < 4.78 is 7.69. The normalized spacial score (nSPS) is 17.3. The highest BCUT2D eigenvalue weighted by Gasteiger charge is 2.12. The lowest BCUT2D eigenvalue weighted by Crippen LogP contribution is -2.36. The molecule has 0 spiro atoms. The van der Waals surface area contributed by atoms with Crippen LogP contribution in [0, 0.1) is 0 Å². The van der Waals surface area contributed by atoms with Gasteiger partial charge in [-0.25, -0.2) is 0 Å². The van der Waals surface area contributed by atoms with Gasteiger partial charge in [0.15, 0.2) is 0 Å². The Labute approximate surface area is 108 Å². The number of para-hydroxylation sites is 1. The van der Waals surface area contributed by atoms with Crippen molar-refractivity contribution in [2.75, 3.05) is 19.8 Å². The molecule has 3 rings (SSSR count). The molecule has 0 radical (unpaired) electrons. The summed E-state index contributed by atoms with van der Waals surface area (Å²) in [6.45, 7) is 3.88. The maximum absolute atomic E-state index is 5.36. The van der Waals surface area contributed by atoms with E-state index < -0.39 is 0 Å². The van der Waals surface area contributed by atoms with Crippen LogP contribution in [0.2, 0.25) is 0 Å². The first kappa shape index (κ1) is 11.8. The Hall–Kier alpha value is -1.32. The molecule has 1 aliphatic heterocycles. The van der Waals surface area contributed by atoms with Gasteiger partial charge in [0.1, 0.15) is 0 Å². The second-order valence-electron chi connectivity index (χ2n) is 4.91. The van der Waals surface area contributed by atoms with Gasteiger partial charge in [-0.2, -0.15) is 0 Å². The molecular weight excluding hydrogens is 224 g/mol. The van der Waals surface area contributed by atoms with Gasteiger partial charge in [0.05, 0.1) is 0 Å². The Balaban J connectivity index is 1.56. The Morgan fingerprint density at radius 1 is 1.17 bits per heavy atom. The summed E-state index contributed by atoms with van der Waals surface area (Å²) in [5.74, 6) is 0. The van der Waals surface area contributed by atoms with Crippen molar-refractivity contribution in [3.63, 3.8) is 0 Å². The van der Waals surface area contributed by atoms with Gasteiger partial charge in [-0.15, -0.1) is 0 Å². The molecule has 0 saturated carbocycles. The van der Waals surface area contributed by atoms with Gasteiger partial charge in [0.25, 0.3) is 0 Å². The molecule has 0 aliphatic carbocycles. The van der Waals surface area contributed by atoms with Crippen LogP contribution in [0.1, 0.15) is 12.8 Å². The SMILES string of the molecule is c1ccc2c(c1)ccn2CCNC1CCOCC1. The van der Waals surface area contributed by atoms with Crippen molar-refractivity contribution in [3.8, 4) is 0 Å². The first-order valence-electron chi connectivity index (χ1n) is 6.78. The van der Waals surface area contributed by atoms with E-state index in [1.54, 1.807) is 0 Å². The van der Waals surface area contributed by atoms with Crippen LogP contribution < -0.4 is 5.32 Å². The summed E-state index contributed by atoms with van der Waals surface area (Å²) in [5, 5.41) is 4.95. The molecular formula is C15H20N2O. The minimum atomic E-state index is 0.639. The van der Waals surface area contributed by atoms with E-state index in [0.717, 1.165) is 39.1 Å². The average Bonchev–Trinajstić information content (AvgIpc) is 2.84. The number of nitrogens with zero attached hydrogens (tertiary/aromatic N) is 1. The van der Waals surface area contributed by atoms with Crippen molar-refractivity contribution < 1.29 is 4.74 Å². The first-order valence-corrected chi connectivity index (χ1v) is 6.78. The Morgan fingerprint density at radius 3 is 2.89 bits per heavy atom. The molecule has 1 aromatic carbocycles. The highest BCUT2D eigenvalue weighted by atomic mass is 16.5. The molecule has 0 unspecified atom stereocenters. The minimum Gasteiger partial charge on any atom is -0.381 e. The van der Waals surface area contributed by atoms with Gasteiger partial charge < -0.3 is 14.6 Å². The number of hydrogen-bond donors (Lipinski definition) is 1. The molecule has 1 aliphatic rings. The summed E-state index contributed by atoms with van der Waals surface area (Å²) >= 11 is 0. The van der Waals surface area contributed by atoms with Crippen molar-refractivity contribution in [3.05, 3.63) is 36.5 Å². The molecule has 0 bridgehead atoms. The largest absolute Gasteiger partial charge is 0.381 e. The van der Waals surface area contributed by atoms with Crippen LogP contribution in [0.15, 0.2) is 36.5 Å². The van der Waals surface area contributed by atoms with E-state index in [-0.39, 0.29) is 0 Å². The molecule has 1 fully saturated rings. The van der Waals surface area contributed by atoms with E-state index in [1.165, 1.54) is 10.9 Å². The standard InChI is InChI=1S/C15H20N2O/c1-2-4-15-13(3-1)5-9-17(15)10-8-16-14-6-11-18-12-7-14/h1-5,9,14,16H,6-8,10-12H2. The Bertz CT molecular complexity index is 500. The van der Waals surface area contributed by atoms with Gasteiger partial charge in [0, 0.05) is 44.1 Å². The van der Waals surface area contributed by atoms with Crippen molar-refractivity contribution in [2.24, 2.45) is 0 Å². The Kier molecular flexibility index (Phi) is 3.62. The Morgan fingerprint density at radius 2 is 2.00 bits per heavy atom. The van der Waals surface area contributed by atoms with Crippen LogP contribution in [-0.4, -0.2) is 30.4 Å². The zero-order chi connectivity index (χ0) is 12.2. The van der Waals surface area contributed by atoms with E-state index >= 15 is 0 Å². The maximum atomic E-state index is 5.36. The minimum absolute atomic E-state index is 0.639. The summed E-state index contributed by atoms with van der Waals surface area (Å²) in [6.07, 6.45) is 4.47.